The molecule has 13 heavy (non-hydrogen) atoms. The van der Waals surface area contributed by atoms with Gasteiger partial charge in [0.05, 0.1) is 0 Å². The van der Waals surface area contributed by atoms with Crippen LogP contribution in [-0.2, 0) is 0 Å². The van der Waals surface area contributed by atoms with Crippen molar-refractivity contribution in [2.75, 3.05) is 6.54 Å². The maximum absolute atomic E-state index is 3.46. The molecule has 0 aliphatic heterocycles. The van der Waals surface area contributed by atoms with Gasteiger partial charge in [-0.15, -0.1) is 0 Å². The van der Waals surface area contributed by atoms with E-state index in [4.69, 9.17) is 0 Å². The van der Waals surface area contributed by atoms with Crippen LogP contribution in [0.25, 0.3) is 0 Å². The number of hydrogen-bond acceptors (Lipinski definition) is 1. The molecule has 0 radical (unpaired) electrons. The fraction of sp³-hybridized carbons (Fsp3) is 1.00. The molecule has 1 heteroatoms. The molecule has 0 atom stereocenters. The molecule has 1 N–H and O–H groups in total. The molecule has 0 saturated heterocycles. The van der Waals surface area contributed by atoms with Gasteiger partial charge in [0, 0.05) is 6.04 Å². The fourth-order valence-electron chi connectivity index (χ4n) is 1.65. The molecule has 0 aliphatic rings. The number of rotatable bonds is 8. The Hall–Kier alpha value is -0.0400. The first-order chi connectivity index (χ1) is 6.20. The number of nitrogens with one attached hydrogen (secondary N) is 1. The second-order valence-electron chi connectivity index (χ2n) is 4.29. The summed E-state index contributed by atoms with van der Waals surface area (Å²) >= 11 is 0. The highest BCUT2D eigenvalue weighted by molar-refractivity contribution is 4.57. The summed E-state index contributed by atoms with van der Waals surface area (Å²) in [5.74, 6) is 0.971. The molecule has 0 unspecified atom stereocenters. The summed E-state index contributed by atoms with van der Waals surface area (Å²) in [7, 11) is 0. The Morgan fingerprint density at radius 2 is 1.62 bits per heavy atom. The first-order valence-corrected chi connectivity index (χ1v) is 5.94. The van der Waals surface area contributed by atoms with E-state index >= 15 is 0 Å². The molecular weight excluding hydrogens is 158 g/mol. The van der Waals surface area contributed by atoms with Crippen LogP contribution in [0.15, 0.2) is 0 Å². The van der Waals surface area contributed by atoms with Crippen molar-refractivity contribution in [2.24, 2.45) is 5.92 Å². The molecule has 0 aromatic carbocycles. The molecular formula is C12H27N. The van der Waals surface area contributed by atoms with E-state index < -0.39 is 0 Å². The molecule has 0 saturated carbocycles. The minimum atomic E-state index is 0.646. The van der Waals surface area contributed by atoms with Gasteiger partial charge in [-0.05, 0) is 18.9 Å². The Labute approximate surface area is 84.3 Å². The van der Waals surface area contributed by atoms with Crippen molar-refractivity contribution in [1.29, 1.82) is 0 Å². The minimum absolute atomic E-state index is 0.646. The van der Waals surface area contributed by atoms with Gasteiger partial charge in [0.2, 0.25) is 0 Å². The summed E-state index contributed by atoms with van der Waals surface area (Å²) in [6.45, 7) is 10.2. The van der Waals surface area contributed by atoms with Crippen molar-refractivity contribution >= 4 is 0 Å². The third kappa shape index (κ3) is 8.29. The summed E-state index contributed by atoms with van der Waals surface area (Å²) in [6, 6.07) is 0.646. The highest BCUT2D eigenvalue weighted by Gasteiger charge is 2.02. The Morgan fingerprint density at radius 1 is 1.00 bits per heavy atom. The molecule has 0 bridgehead atoms. The fourth-order valence-corrected chi connectivity index (χ4v) is 1.65. The van der Waals surface area contributed by atoms with Crippen LogP contribution in [0.5, 0.6) is 0 Å². The molecule has 1 nitrogen and oxygen atoms in total. The van der Waals surface area contributed by atoms with Crippen LogP contribution in [-0.4, -0.2) is 12.6 Å². The molecule has 0 rings (SSSR count). The molecule has 0 spiro atoms. The van der Waals surface area contributed by atoms with Gasteiger partial charge in [-0.25, -0.2) is 0 Å². The monoisotopic (exact) mass is 185 g/mol. The first-order valence-electron chi connectivity index (χ1n) is 5.94. The normalized spacial score (nSPS) is 11.5. The second kappa shape index (κ2) is 8.55. The Balaban J connectivity index is 3.14. The minimum Gasteiger partial charge on any atom is -0.315 e. The van der Waals surface area contributed by atoms with E-state index in [0.717, 1.165) is 5.92 Å². The number of unbranched alkanes of at least 4 members (excludes halogenated alkanes) is 1. The van der Waals surface area contributed by atoms with Gasteiger partial charge in [0.25, 0.3) is 0 Å². The smallest absolute Gasteiger partial charge is 0.00103 e. The van der Waals surface area contributed by atoms with Crippen molar-refractivity contribution in [3.8, 4) is 0 Å². The van der Waals surface area contributed by atoms with Crippen molar-refractivity contribution in [3.05, 3.63) is 0 Å². The summed E-state index contributed by atoms with van der Waals surface area (Å²) in [4.78, 5) is 0. The lowest BCUT2D eigenvalue weighted by Crippen LogP contribution is -2.23. The van der Waals surface area contributed by atoms with Crippen LogP contribution in [0.1, 0.15) is 59.8 Å². The standard InChI is InChI=1S/C12H27N/c1-5-12(6-2)9-7-8-10-13-11(3)4/h11-13H,5-10H2,1-4H3. The Kier molecular flexibility index (Phi) is 8.53. The van der Waals surface area contributed by atoms with Crippen LogP contribution in [0, 0.1) is 5.92 Å². The van der Waals surface area contributed by atoms with E-state index in [9.17, 15) is 0 Å². The summed E-state index contributed by atoms with van der Waals surface area (Å²) in [5.41, 5.74) is 0. The van der Waals surface area contributed by atoms with Crippen molar-refractivity contribution in [2.45, 2.75) is 65.8 Å². The first kappa shape index (κ1) is 13.0. The van der Waals surface area contributed by atoms with Gasteiger partial charge in [0.1, 0.15) is 0 Å². The molecule has 80 valence electrons. The van der Waals surface area contributed by atoms with Gasteiger partial charge in [-0.1, -0.05) is 53.4 Å². The van der Waals surface area contributed by atoms with E-state index in [2.05, 4.69) is 33.0 Å². The van der Waals surface area contributed by atoms with Gasteiger partial charge in [-0.3, -0.25) is 0 Å². The lowest BCUT2D eigenvalue weighted by molar-refractivity contribution is 0.426. The predicted molar refractivity (Wildman–Crippen MR) is 61.1 cm³/mol. The molecule has 0 heterocycles. The third-order valence-electron chi connectivity index (χ3n) is 2.75. The molecule has 0 aromatic rings. The number of hydrogen-bond donors (Lipinski definition) is 1. The SMILES string of the molecule is CCC(CC)CCCCNC(C)C. The lowest BCUT2D eigenvalue weighted by Gasteiger charge is -2.12. The van der Waals surface area contributed by atoms with Crippen LogP contribution in [0.3, 0.4) is 0 Å². The van der Waals surface area contributed by atoms with Crippen LogP contribution < -0.4 is 5.32 Å². The van der Waals surface area contributed by atoms with E-state index in [1.807, 2.05) is 0 Å². The van der Waals surface area contributed by atoms with Crippen LogP contribution in [0.2, 0.25) is 0 Å². The Morgan fingerprint density at radius 3 is 2.08 bits per heavy atom. The average Bonchev–Trinajstić information content (AvgIpc) is 2.11. The van der Waals surface area contributed by atoms with Gasteiger partial charge in [0.15, 0.2) is 0 Å². The van der Waals surface area contributed by atoms with Crippen molar-refractivity contribution in [3.63, 3.8) is 0 Å². The topological polar surface area (TPSA) is 12.0 Å². The van der Waals surface area contributed by atoms with Crippen LogP contribution in [0.4, 0.5) is 0 Å². The van der Waals surface area contributed by atoms with Gasteiger partial charge < -0.3 is 5.32 Å². The van der Waals surface area contributed by atoms with E-state index in [0.29, 0.717) is 6.04 Å². The van der Waals surface area contributed by atoms with Crippen molar-refractivity contribution in [1.82, 2.24) is 5.32 Å². The molecule has 0 amide bonds. The zero-order valence-corrected chi connectivity index (χ0v) is 9.90. The summed E-state index contributed by atoms with van der Waals surface area (Å²) in [6.07, 6.45) is 6.87. The van der Waals surface area contributed by atoms with Gasteiger partial charge >= 0.3 is 0 Å². The molecule has 0 aromatic heterocycles. The molecule has 0 aliphatic carbocycles. The quantitative estimate of drug-likeness (QED) is 0.570. The largest absolute Gasteiger partial charge is 0.315 e. The second-order valence-corrected chi connectivity index (χ2v) is 4.29. The highest BCUT2D eigenvalue weighted by atomic mass is 14.9. The highest BCUT2D eigenvalue weighted by Crippen LogP contribution is 2.15. The van der Waals surface area contributed by atoms with E-state index in [-0.39, 0.29) is 0 Å². The van der Waals surface area contributed by atoms with E-state index in [1.54, 1.807) is 0 Å². The maximum Gasteiger partial charge on any atom is 0.00103 e. The predicted octanol–water partition coefficient (Wildman–Crippen LogP) is 3.59. The van der Waals surface area contributed by atoms with Gasteiger partial charge in [-0.2, -0.15) is 0 Å². The third-order valence-corrected chi connectivity index (χ3v) is 2.75. The van der Waals surface area contributed by atoms with Crippen molar-refractivity contribution < 1.29 is 0 Å². The average molecular weight is 185 g/mol. The summed E-state index contributed by atoms with van der Waals surface area (Å²) < 4.78 is 0. The lowest BCUT2D eigenvalue weighted by atomic mass is 9.97. The Bertz CT molecular complexity index is 95.3. The van der Waals surface area contributed by atoms with E-state index in [1.165, 1.54) is 38.6 Å². The zero-order valence-electron chi connectivity index (χ0n) is 9.90. The maximum atomic E-state index is 3.46. The zero-order chi connectivity index (χ0) is 10.1. The molecule has 0 fully saturated rings. The summed E-state index contributed by atoms with van der Waals surface area (Å²) in [5, 5.41) is 3.46. The van der Waals surface area contributed by atoms with Crippen LogP contribution >= 0.6 is 0 Å².